The molecular formula is C9H21N. The van der Waals surface area contributed by atoms with Gasteiger partial charge in [0.2, 0.25) is 0 Å². The lowest BCUT2D eigenvalue weighted by atomic mass is 10.0. The molecule has 1 heteroatoms. The average Bonchev–Trinajstić information content (AvgIpc) is 2.39. The molecule has 0 amide bonds. The van der Waals surface area contributed by atoms with Crippen LogP contribution in [-0.4, -0.2) is 12.6 Å². The summed E-state index contributed by atoms with van der Waals surface area (Å²) < 4.78 is 0. The highest BCUT2D eigenvalue weighted by molar-refractivity contribution is 4.78. The summed E-state index contributed by atoms with van der Waals surface area (Å²) in [4.78, 5) is 0. The van der Waals surface area contributed by atoms with E-state index in [4.69, 9.17) is 0 Å². The van der Waals surface area contributed by atoms with Gasteiger partial charge in [0.05, 0.1) is 0 Å². The van der Waals surface area contributed by atoms with Gasteiger partial charge in [0.25, 0.3) is 0 Å². The SMILES string of the molecule is CC.CCC1NCCC1C. The minimum Gasteiger partial charge on any atom is -0.314 e. The van der Waals surface area contributed by atoms with Crippen LogP contribution in [0, 0.1) is 5.92 Å². The molecule has 0 aromatic rings. The Bertz CT molecular complexity index is 71.1. The average molecular weight is 143 g/mol. The Balaban J connectivity index is 0.000000371. The van der Waals surface area contributed by atoms with E-state index in [9.17, 15) is 0 Å². The van der Waals surface area contributed by atoms with E-state index in [2.05, 4.69) is 19.2 Å². The van der Waals surface area contributed by atoms with Crippen LogP contribution in [-0.2, 0) is 0 Å². The standard InChI is InChI=1S/C7H15N.C2H6/c1-3-7-6(2)4-5-8-7;1-2/h6-8H,3-5H2,1-2H3;1-2H3. The molecule has 1 saturated heterocycles. The van der Waals surface area contributed by atoms with Gasteiger partial charge in [-0.1, -0.05) is 27.7 Å². The van der Waals surface area contributed by atoms with E-state index in [1.54, 1.807) is 0 Å². The summed E-state index contributed by atoms with van der Waals surface area (Å²) in [7, 11) is 0. The van der Waals surface area contributed by atoms with Crippen LogP contribution in [0.4, 0.5) is 0 Å². The van der Waals surface area contributed by atoms with Crippen LogP contribution in [0.5, 0.6) is 0 Å². The molecule has 1 aliphatic heterocycles. The Morgan fingerprint density at radius 3 is 2.20 bits per heavy atom. The van der Waals surface area contributed by atoms with Crippen LogP contribution >= 0.6 is 0 Å². The molecule has 1 fully saturated rings. The molecular weight excluding hydrogens is 122 g/mol. The van der Waals surface area contributed by atoms with Crippen molar-refractivity contribution < 1.29 is 0 Å². The van der Waals surface area contributed by atoms with Gasteiger partial charge in [0, 0.05) is 6.04 Å². The third-order valence-electron chi connectivity index (χ3n) is 2.13. The van der Waals surface area contributed by atoms with Crippen molar-refractivity contribution in [3.63, 3.8) is 0 Å². The molecule has 1 aliphatic rings. The third kappa shape index (κ3) is 2.70. The second kappa shape index (κ2) is 5.72. The largest absolute Gasteiger partial charge is 0.314 e. The number of nitrogens with one attached hydrogen (secondary N) is 1. The van der Waals surface area contributed by atoms with Gasteiger partial charge in [-0.15, -0.1) is 0 Å². The van der Waals surface area contributed by atoms with Gasteiger partial charge in [-0.25, -0.2) is 0 Å². The summed E-state index contributed by atoms with van der Waals surface area (Å²) in [6.07, 6.45) is 2.67. The predicted octanol–water partition coefficient (Wildman–Crippen LogP) is 2.42. The van der Waals surface area contributed by atoms with Crippen LogP contribution in [0.1, 0.15) is 40.5 Å². The van der Waals surface area contributed by atoms with Crippen molar-refractivity contribution in [2.45, 2.75) is 46.6 Å². The lowest BCUT2D eigenvalue weighted by molar-refractivity contribution is 0.470. The highest BCUT2D eigenvalue weighted by Crippen LogP contribution is 2.15. The molecule has 0 aromatic carbocycles. The molecule has 2 atom stereocenters. The second-order valence-corrected chi connectivity index (χ2v) is 2.73. The molecule has 2 unspecified atom stereocenters. The molecule has 1 rings (SSSR count). The summed E-state index contributed by atoms with van der Waals surface area (Å²) in [5.41, 5.74) is 0. The van der Waals surface area contributed by atoms with Crippen molar-refractivity contribution in [3.8, 4) is 0 Å². The molecule has 10 heavy (non-hydrogen) atoms. The fourth-order valence-electron chi connectivity index (χ4n) is 1.45. The van der Waals surface area contributed by atoms with Crippen LogP contribution in [0.3, 0.4) is 0 Å². The van der Waals surface area contributed by atoms with E-state index in [-0.39, 0.29) is 0 Å². The lowest BCUT2D eigenvalue weighted by Crippen LogP contribution is -2.24. The fraction of sp³-hybridized carbons (Fsp3) is 1.00. The zero-order valence-electron chi connectivity index (χ0n) is 7.78. The summed E-state index contributed by atoms with van der Waals surface area (Å²) in [6.45, 7) is 9.81. The first kappa shape index (κ1) is 9.96. The lowest BCUT2D eigenvalue weighted by Gasteiger charge is -2.10. The minimum atomic E-state index is 0.815. The van der Waals surface area contributed by atoms with Crippen LogP contribution in [0.15, 0.2) is 0 Å². The van der Waals surface area contributed by atoms with Gasteiger partial charge in [-0.2, -0.15) is 0 Å². The van der Waals surface area contributed by atoms with Crippen molar-refractivity contribution in [3.05, 3.63) is 0 Å². The topological polar surface area (TPSA) is 12.0 Å². The van der Waals surface area contributed by atoms with E-state index in [0.29, 0.717) is 0 Å². The molecule has 1 heterocycles. The van der Waals surface area contributed by atoms with Gasteiger partial charge in [-0.3, -0.25) is 0 Å². The Kier molecular flexibility index (Phi) is 5.70. The van der Waals surface area contributed by atoms with Gasteiger partial charge in [0.15, 0.2) is 0 Å². The number of hydrogen-bond acceptors (Lipinski definition) is 1. The first-order chi connectivity index (χ1) is 4.84. The van der Waals surface area contributed by atoms with E-state index in [0.717, 1.165) is 12.0 Å². The highest BCUT2D eigenvalue weighted by atomic mass is 14.9. The Labute approximate surface area is 65.2 Å². The fourth-order valence-corrected chi connectivity index (χ4v) is 1.45. The van der Waals surface area contributed by atoms with Gasteiger partial charge in [-0.05, 0) is 25.3 Å². The van der Waals surface area contributed by atoms with Crippen molar-refractivity contribution in [1.82, 2.24) is 5.32 Å². The molecule has 1 nitrogen and oxygen atoms in total. The molecule has 0 saturated carbocycles. The molecule has 1 N–H and O–H groups in total. The molecule has 0 spiro atoms. The molecule has 0 aromatic heterocycles. The van der Waals surface area contributed by atoms with Crippen molar-refractivity contribution in [2.75, 3.05) is 6.54 Å². The maximum Gasteiger partial charge on any atom is 0.00905 e. The monoisotopic (exact) mass is 143 g/mol. The maximum atomic E-state index is 3.46. The van der Waals surface area contributed by atoms with Crippen molar-refractivity contribution >= 4 is 0 Å². The number of hydrogen-bond donors (Lipinski definition) is 1. The smallest absolute Gasteiger partial charge is 0.00905 e. The van der Waals surface area contributed by atoms with E-state index in [1.807, 2.05) is 13.8 Å². The highest BCUT2D eigenvalue weighted by Gasteiger charge is 2.19. The zero-order chi connectivity index (χ0) is 7.98. The first-order valence-corrected chi connectivity index (χ1v) is 4.58. The minimum absolute atomic E-state index is 0.815. The summed E-state index contributed by atoms with van der Waals surface area (Å²) in [6, 6.07) is 0.815. The van der Waals surface area contributed by atoms with E-state index >= 15 is 0 Å². The Morgan fingerprint density at radius 2 is 2.00 bits per heavy atom. The summed E-state index contributed by atoms with van der Waals surface area (Å²) in [5, 5.41) is 3.46. The summed E-state index contributed by atoms with van der Waals surface area (Å²) >= 11 is 0. The van der Waals surface area contributed by atoms with E-state index in [1.165, 1.54) is 19.4 Å². The van der Waals surface area contributed by atoms with Crippen LogP contribution in [0.2, 0.25) is 0 Å². The number of rotatable bonds is 1. The normalized spacial score (nSPS) is 31.2. The van der Waals surface area contributed by atoms with Gasteiger partial charge in [0.1, 0.15) is 0 Å². The first-order valence-electron chi connectivity index (χ1n) is 4.58. The summed E-state index contributed by atoms with van der Waals surface area (Å²) in [5.74, 6) is 0.917. The van der Waals surface area contributed by atoms with Crippen LogP contribution in [0.25, 0.3) is 0 Å². The Hall–Kier alpha value is -0.0400. The quantitative estimate of drug-likeness (QED) is 0.594. The Morgan fingerprint density at radius 1 is 1.40 bits per heavy atom. The second-order valence-electron chi connectivity index (χ2n) is 2.73. The predicted molar refractivity (Wildman–Crippen MR) is 47.2 cm³/mol. The molecule has 0 radical (unpaired) electrons. The zero-order valence-corrected chi connectivity index (χ0v) is 7.78. The maximum absolute atomic E-state index is 3.46. The van der Waals surface area contributed by atoms with E-state index < -0.39 is 0 Å². The van der Waals surface area contributed by atoms with Crippen LogP contribution < -0.4 is 5.32 Å². The molecule has 0 aliphatic carbocycles. The van der Waals surface area contributed by atoms with Gasteiger partial charge < -0.3 is 5.32 Å². The van der Waals surface area contributed by atoms with Crippen molar-refractivity contribution in [2.24, 2.45) is 5.92 Å². The molecule has 0 bridgehead atoms. The third-order valence-corrected chi connectivity index (χ3v) is 2.13. The van der Waals surface area contributed by atoms with Crippen molar-refractivity contribution in [1.29, 1.82) is 0 Å². The van der Waals surface area contributed by atoms with Gasteiger partial charge >= 0.3 is 0 Å². The molecule has 62 valence electrons.